The molecule has 1 saturated carbocycles. The van der Waals surface area contributed by atoms with Gasteiger partial charge in [-0.2, -0.15) is 5.26 Å². The van der Waals surface area contributed by atoms with Gasteiger partial charge in [0.2, 0.25) is 0 Å². The first kappa shape index (κ1) is 8.51. The zero-order valence-electron chi connectivity index (χ0n) is 6.62. The Morgan fingerprint density at radius 2 is 2.36 bits per heavy atom. The van der Waals surface area contributed by atoms with Gasteiger partial charge in [-0.3, -0.25) is 0 Å². The lowest BCUT2D eigenvalue weighted by molar-refractivity contribution is 0.0460. The average molecular weight is 155 g/mol. The summed E-state index contributed by atoms with van der Waals surface area (Å²) in [5.74, 6) is 0.344. The third-order valence-corrected chi connectivity index (χ3v) is 2.48. The van der Waals surface area contributed by atoms with E-state index in [-0.39, 0.29) is 6.61 Å². The Kier molecular flexibility index (Phi) is 2.17. The quantitative estimate of drug-likeness (QED) is 0.571. The molecule has 0 bridgehead atoms. The van der Waals surface area contributed by atoms with Crippen LogP contribution in [-0.2, 0) is 0 Å². The van der Waals surface area contributed by atoms with Gasteiger partial charge in [0.05, 0.1) is 18.8 Å². The highest BCUT2D eigenvalue weighted by Gasteiger charge is 2.45. The molecule has 0 aromatic heterocycles. The summed E-state index contributed by atoms with van der Waals surface area (Å²) in [4.78, 5) is 0. The fraction of sp³-hybridized carbons (Fsp3) is 0.875. The van der Waals surface area contributed by atoms with Crippen LogP contribution in [0.25, 0.3) is 0 Å². The van der Waals surface area contributed by atoms with Crippen molar-refractivity contribution in [1.82, 2.24) is 0 Å². The predicted octanol–water partition coefficient (Wildman–Crippen LogP) is 0.279. The first-order valence-electron chi connectivity index (χ1n) is 3.85. The van der Waals surface area contributed by atoms with Crippen molar-refractivity contribution in [3.05, 3.63) is 0 Å². The molecule has 1 aliphatic rings. The summed E-state index contributed by atoms with van der Waals surface area (Å²) in [6, 6.07) is 2.01. The molecule has 3 heteroatoms. The van der Waals surface area contributed by atoms with Crippen molar-refractivity contribution in [2.45, 2.75) is 25.9 Å². The van der Waals surface area contributed by atoms with E-state index in [4.69, 9.17) is 10.4 Å². The van der Waals surface area contributed by atoms with Gasteiger partial charge in [-0.05, 0) is 18.8 Å². The second-order valence-electron chi connectivity index (χ2n) is 3.49. The molecule has 2 N–H and O–H groups in total. The van der Waals surface area contributed by atoms with Crippen LogP contribution < -0.4 is 0 Å². The lowest BCUT2D eigenvalue weighted by atomic mass is 9.86. The van der Waals surface area contributed by atoms with Crippen LogP contribution in [0.2, 0.25) is 0 Å². The van der Waals surface area contributed by atoms with Crippen molar-refractivity contribution in [2.75, 3.05) is 6.61 Å². The number of aliphatic hydroxyl groups is 2. The summed E-state index contributed by atoms with van der Waals surface area (Å²) in [5, 5.41) is 27.1. The molecule has 0 unspecified atom stereocenters. The lowest BCUT2D eigenvalue weighted by Gasteiger charge is -2.21. The largest absolute Gasteiger partial charge is 0.395 e. The van der Waals surface area contributed by atoms with Crippen molar-refractivity contribution in [3.8, 4) is 6.07 Å². The Balaban J connectivity index is 2.78. The minimum Gasteiger partial charge on any atom is -0.395 e. The van der Waals surface area contributed by atoms with E-state index in [2.05, 4.69) is 0 Å². The van der Waals surface area contributed by atoms with Gasteiger partial charge in [0.1, 0.15) is 5.41 Å². The minimum atomic E-state index is -0.876. The molecule has 0 radical (unpaired) electrons. The highest BCUT2D eigenvalue weighted by molar-refractivity contribution is 5.08. The Morgan fingerprint density at radius 1 is 1.73 bits per heavy atom. The summed E-state index contributed by atoms with van der Waals surface area (Å²) >= 11 is 0. The molecule has 1 fully saturated rings. The maximum atomic E-state index is 9.43. The molecule has 0 amide bonds. The minimum absolute atomic E-state index is 0.227. The highest BCUT2D eigenvalue weighted by atomic mass is 16.3. The van der Waals surface area contributed by atoms with Gasteiger partial charge >= 0.3 is 0 Å². The zero-order valence-corrected chi connectivity index (χ0v) is 6.62. The Bertz CT molecular complexity index is 187. The SMILES string of the molecule is C[C@H]1C[C@H](O)[C@@](C#N)(CO)C1. The van der Waals surface area contributed by atoms with Crippen molar-refractivity contribution in [3.63, 3.8) is 0 Å². The maximum absolute atomic E-state index is 9.43. The smallest absolute Gasteiger partial charge is 0.106 e. The molecule has 0 spiro atoms. The van der Waals surface area contributed by atoms with Gasteiger partial charge in [-0.15, -0.1) is 0 Å². The number of nitriles is 1. The highest BCUT2D eigenvalue weighted by Crippen LogP contribution is 2.40. The second-order valence-corrected chi connectivity index (χ2v) is 3.49. The molecule has 1 rings (SSSR count). The predicted molar refractivity (Wildman–Crippen MR) is 39.5 cm³/mol. The van der Waals surface area contributed by atoms with E-state index < -0.39 is 11.5 Å². The normalized spacial score (nSPS) is 43.8. The van der Waals surface area contributed by atoms with E-state index >= 15 is 0 Å². The van der Waals surface area contributed by atoms with E-state index in [1.807, 2.05) is 13.0 Å². The van der Waals surface area contributed by atoms with Crippen LogP contribution in [0.4, 0.5) is 0 Å². The van der Waals surface area contributed by atoms with Gasteiger partial charge in [0.25, 0.3) is 0 Å². The summed E-state index contributed by atoms with van der Waals surface area (Å²) in [7, 11) is 0. The summed E-state index contributed by atoms with van der Waals surface area (Å²) in [5.41, 5.74) is -0.876. The van der Waals surface area contributed by atoms with Crippen molar-refractivity contribution >= 4 is 0 Å². The molecule has 0 aliphatic heterocycles. The third kappa shape index (κ3) is 1.24. The number of rotatable bonds is 1. The molecule has 1 aliphatic carbocycles. The van der Waals surface area contributed by atoms with E-state index in [9.17, 15) is 5.11 Å². The van der Waals surface area contributed by atoms with Crippen LogP contribution in [0.15, 0.2) is 0 Å². The first-order chi connectivity index (χ1) is 5.14. The van der Waals surface area contributed by atoms with Crippen molar-refractivity contribution < 1.29 is 10.2 Å². The monoisotopic (exact) mass is 155 g/mol. The number of nitrogens with zero attached hydrogens (tertiary/aromatic N) is 1. The van der Waals surface area contributed by atoms with Gasteiger partial charge < -0.3 is 10.2 Å². The number of hydrogen-bond donors (Lipinski definition) is 2. The molecule has 11 heavy (non-hydrogen) atoms. The van der Waals surface area contributed by atoms with Crippen molar-refractivity contribution in [2.24, 2.45) is 11.3 Å². The van der Waals surface area contributed by atoms with Crippen molar-refractivity contribution in [1.29, 1.82) is 5.26 Å². The molecule has 0 saturated heterocycles. The molecular formula is C8H13NO2. The van der Waals surface area contributed by atoms with Gasteiger partial charge in [0, 0.05) is 0 Å². The van der Waals surface area contributed by atoms with Gasteiger partial charge in [0.15, 0.2) is 0 Å². The third-order valence-electron chi connectivity index (χ3n) is 2.48. The van der Waals surface area contributed by atoms with Gasteiger partial charge in [-0.25, -0.2) is 0 Å². The van der Waals surface area contributed by atoms with E-state index in [0.717, 1.165) is 0 Å². The molecule has 3 nitrogen and oxygen atoms in total. The summed E-state index contributed by atoms with van der Waals surface area (Å²) < 4.78 is 0. The maximum Gasteiger partial charge on any atom is 0.106 e. The summed E-state index contributed by atoms with van der Waals surface area (Å²) in [6.07, 6.45) is 0.599. The number of aliphatic hydroxyl groups excluding tert-OH is 2. The van der Waals surface area contributed by atoms with Crippen LogP contribution in [0.5, 0.6) is 0 Å². The molecular weight excluding hydrogens is 142 g/mol. The van der Waals surface area contributed by atoms with Crippen LogP contribution in [0.1, 0.15) is 19.8 Å². The summed E-state index contributed by atoms with van der Waals surface area (Å²) in [6.45, 7) is 1.76. The molecule has 0 aromatic rings. The Hall–Kier alpha value is -0.590. The topological polar surface area (TPSA) is 64.2 Å². The first-order valence-corrected chi connectivity index (χ1v) is 3.85. The van der Waals surface area contributed by atoms with E-state index in [1.54, 1.807) is 0 Å². The average Bonchev–Trinajstić information content (AvgIpc) is 2.27. The fourth-order valence-corrected chi connectivity index (χ4v) is 1.77. The van der Waals surface area contributed by atoms with Crippen LogP contribution >= 0.6 is 0 Å². The molecule has 62 valence electrons. The molecule has 0 aromatic carbocycles. The molecule has 3 atom stereocenters. The van der Waals surface area contributed by atoms with Crippen LogP contribution in [0.3, 0.4) is 0 Å². The standard InChI is InChI=1S/C8H13NO2/c1-6-2-7(11)8(3-6,4-9)5-10/h6-7,10-11H,2-3,5H2,1H3/t6-,7-,8-/m0/s1. The molecule has 0 heterocycles. The second kappa shape index (κ2) is 2.80. The van der Waals surface area contributed by atoms with Gasteiger partial charge in [-0.1, -0.05) is 6.92 Å². The van der Waals surface area contributed by atoms with E-state index in [0.29, 0.717) is 18.8 Å². The Labute approximate surface area is 66.3 Å². The van der Waals surface area contributed by atoms with Crippen LogP contribution in [0, 0.1) is 22.7 Å². The zero-order chi connectivity index (χ0) is 8.48. The van der Waals surface area contributed by atoms with E-state index in [1.165, 1.54) is 0 Å². The lowest BCUT2D eigenvalue weighted by Crippen LogP contribution is -2.31. The number of hydrogen-bond acceptors (Lipinski definition) is 3. The van der Waals surface area contributed by atoms with Crippen LogP contribution in [-0.4, -0.2) is 22.9 Å². The fourth-order valence-electron chi connectivity index (χ4n) is 1.77. The Morgan fingerprint density at radius 3 is 2.55 bits per heavy atom.